The molecule has 0 radical (unpaired) electrons. The van der Waals surface area contributed by atoms with Gasteiger partial charge in [0, 0.05) is 6.61 Å². The van der Waals surface area contributed by atoms with E-state index in [0.717, 1.165) is 12.8 Å². The quantitative estimate of drug-likeness (QED) is 0.523. The second-order valence-electron chi connectivity index (χ2n) is 6.75. The molecule has 0 aliphatic heterocycles. The van der Waals surface area contributed by atoms with E-state index >= 15 is 0 Å². The van der Waals surface area contributed by atoms with E-state index in [2.05, 4.69) is 0 Å². The lowest BCUT2D eigenvalue weighted by Gasteiger charge is -2.28. The number of hydrogen-bond donors (Lipinski definition) is 1. The summed E-state index contributed by atoms with van der Waals surface area (Å²) in [6.45, 7) is 11.5. The van der Waals surface area contributed by atoms with Crippen LogP contribution in [0.3, 0.4) is 0 Å². The highest BCUT2D eigenvalue weighted by Gasteiger charge is 2.37. The number of hydrogen-bond acceptors (Lipinski definition) is 4. The average Bonchev–Trinajstić information content (AvgIpc) is 2.29. The molecule has 0 aromatic rings. The molecule has 0 rings (SSSR count). The molecule has 0 spiro atoms. The maximum absolute atomic E-state index is 12.3. The monoisotopic (exact) mass is 302 g/mol. The molecular formula is C16H30O5. The molecule has 0 aromatic carbocycles. The van der Waals surface area contributed by atoms with Crippen LogP contribution in [0.15, 0.2) is 0 Å². The van der Waals surface area contributed by atoms with Crippen molar-refractivity contribution in [2.75, 3.05) is 6.61 Å². The Kier molecular flexibility index (Phi) is 8.55. The molecule has 0 aliphatic rings. The number of rotatable bonds is 9. The van der Waals surface area contributed by atoms with E-state index in [1.165, 1.54) is 0 Å². The molecule has 1 unspecified atom stereocenters. The lowest BCUT2D eigenvalue weighted by molar-refractivity contribution is -0.178. The van der Waals surface area contributed by atoms with Gasteiger partial charge in [-0.2, -0.15) is 0 Å². The highest BCUT2D eigenvalue weighted by atomic mass is 16.6. The third-order valence-corrected chi connectivity index (χ3v) is 2.84. The standard InChI is InChI=1S/C16H30O5/c1-7-8-9-20-13(15(19)21-16(4,5)6)12(14(17)18)10-11(2)3/h11-13H,7-10H2,1-6H3,(H,17,18)/t12-,13?/m1/s1. The predicted octanol–water partition coefficient (Wildman–Crippen LogP) is 3.26. The molecule has 5 nitrogen and oxygen atoms in total. The highest BCUT2D eigenvalue weighted by Crippen LogP contribution is 2.22. The van der Waals surface area contributed by atoms with Crippen LogP contribution in [-0.2, 0) is 19.1 Å². The molecule has 0 bridgehead atoms. The first-order valence-electron chi connectivity index (χ1n) is 7.65. The van der Waals surface area contributed by atoms with Crippen molar-refractivity contribution < 1.29 is 24.2 Å². The summed E-state index contributed by atoms with van der Waals surface area (Å²) in [5.74, 6) is -2.33. The number of ether oxygens (including phenoxy) is 2. The van der Waals surface area contributed by atoms with Crippen molar-refractivity contribution in [2.45, 2.75) is 72.5 Å². The lowest BCUT2D eigenvalue weighted by atomic mass is 9.92. The third kappa shape index (κ3) is 8.71. The van der Waals surface area contributed by atoms with Gasteiger partial charge in [0.25, 0.3) is 0 Å². The zero-order chi connectivity index (χ0) is 16.6. The van der Waals surface area contributed by atoms with Crippen LogP contribution >= 0.6 is 0 Å². The number of carbonyl (C=O) groups excluding carboxylic acids is 1. The molecule has 0 amide bonds. The number of unbranched alkanes of at least 4 members (excludes halogenated alkanes) is 1. The average molecular weight is 302 g/mol. The molecule has 0 heterocycles. The van der Waals surface area contributed by atoms with E-state index in [-0.39, 0.29) is 5.92 Å². The number of carboxylic acid groups (broad SMARTS) is 1. The Hall–Kier alpha value is -1.10. The molecule has 0 fully saturated rings. The minimum atomic E-state index is -1.05. The van der Waals surface area contributed by atoms with Gasteiger partial charge >= 0.3 is 11.9 Å². The number of carbonyl (C=O) groups is 2. The molecule has 0 aromatic heterocycles. The zero-order valence-electron chi connectivity index (χ0n) is 14.1. The third-order valence-electron chi connectivity index (χ3n) is 2.84. The maximum atomic E-state index is 12.3. The predicted molar refractivity (Wildman–Crippen MR) is 81.1 cm³/mol. The maximum Gasteiger partial charge on any atom is 0.336 e. The van der Waals surface area contributed by atoms with Crippen molar-refractivity contribution >= 4 is 11.9 Å². The van der Waals surface area contributed by atoms with Crippen LogP contribution in [0.1, 0.15) is 60.8 Å². The van der Waals surface area contributed by atoms with Gasteiger partial charge in [0.05, 0.1) is 5.92 Å². The first kappa shape index (κ1) is 19.9. The first-order valence-corrected chi connectivity index (χ1v) is 7.65. The fourth-order valence-electron chi connectivity index (χ4n) is 1.92. The second kappa shape index (κ2) is 9.03. The van der Waals surface area contributed by atoms with Crippen LogP contribution in [0.25, 0.3) is 0 Å². The molecule has 21 heavy (non-hydrogen) atoms. The molecule has 0 saturated heterocycles. The molecule has 1 N–H and O–H groups in total. The highest BCUT2D eigenvalue weighted by molar-refractivity contribution is 5.83. The van der Waals surface area contributed by atoms with Crippen LogP contribution < -0.4 is 0 Å². The summed E-state index contributed by atoms with van der Waals surface area (Å²) < 4.78 is 10.9. The van der Waals surface area contributed by atoms with Crippen molar-refractivity contribution in [3.05, 3.63) is 0 Å². The Bertz CT molecular complexity index is 330. The van der Waals surface area contributed by atoms with Crippen molar-refractivity contribution in [2.24, 2.45) is 11.8 Å². The summed E-state index contributed by atoms with van der Waals surface area (Å²) in [6, 6.07) is 0. The van der Waals surface area contributed by atoms with Crippen LogP contribution in [0.4, 0.5) is 0 Å². The zero-order valence-corrected chi connectivity index (χ0v) is 14.1. The Morgan fingerprint density at radius 3 is 2.14 bits per heavy atom. The Morgan fingerprint density at radius 1 is 1.19 bits per heavy atom. The normalized spacial score (nSPS) is 14.8. The fraction of sp³-hybridized carbons (Fsp3) is 0.875. The minimum Gasteiger partial charge on any atom is -0.481 e. The van der Waals surface area contributed by atoms with Crippen molar-refractivity contribution in [1.82, 2.24) is 0 Å². The van der Waals surface area contributed by atoms with Gasteiger partial charge in [-0.1, -0.05) is 27.2 Å². The molecule has 5 heteroatoms. The van der Waals surface area contributed by atoms with Gasteiger partial charge in [-0.05, 0) is 39.5 Å². The fourth-order valence-corrected chi connectivity index (χ4v) is 1.92. The van der Waals surface area contributed by atoms with Crippen molar-refractivity contribution in [3.63, 3.8) is 0 Å². The molecular weight excluding hydrogens is 272 g/mol. The van der Waals surface area contributed by atoms with Crippen molar-refractivity contribution in [1.29, 1.82) is 0 Å². The molecule has 0 saturated carbocycles. The molecule has 124 valence electrons. The Morgan fingerprint density at radius 2 is 1.76 bits per heavy atom. The smallest absolute Gasteiger partial charge is 0.336 e. The summed E-state index contributed by atoms with van der Waals surface area (Å²) in [4.78, 5) is 23.8. The van der Waals surface area contributed by atoms with Gasteiger partial charge in [0.2, 0.25) is 0 Å². The first-order chi connectivity index (χ1) is 9.58. The Labute approximate surface area is 128 Å². The number of aliphatic carboxylic acids is 1. The van der Waals surface area contributed by atoms with E-state index in [4.69, 9.17) is 9.47 Å². The van der Waals surface area contributed by atoms with Gasteiger partial charge in [-0.3, -0.25) is 4.79 Å². The largest absolute Gasteiger partial charge is 0.481 e. The number of esters is 1. The summed E-state index contributed by atoms with van der Waals surface area (Å²) in [7, 11) is 0. The van der Waals surface area contributed by atoms with Crippen LogP contribution in [0.2, 0.25) is 0 Å². The lowest BCUT2D eigenvalue weighted by Crippen LogP contribution is -2.42. The summed E-state index contributed by atoms with van der Waals surface area (Å²) in [5.41, 5.74) is -0.662. The van der Waals surface area contributed by atoms with E-state index in [0.29, 0.717) is 13.0 Å². The molecule has 0 aliphatic carbocycles. The van der Waals surface area contributed by atoms with Crippen LogP contribution in [0, 0.1) is 11.8 Å². The number of carboxylic acids is 1. The summed E-state index contributed by atoms with van der Waals surface area (Å²) >= 11 is 0. The van der Waals surface area contributed by atoms with Gasteiger partial charge in [0.1, 0.15) is 5.60 Å². The van der Waals surface area contributed by atoms with Crippen LogP contribution in [-0.4, -0.2) is 35.4 Å². The van der Waals surface area contributed by atoms with Gasteiger partial charge in [-0.25, -0.2) is 4.79 Å². The second-order valence-corrected chi connectivity index (χ2v) is 6.75. The Balaban J connectivity index is 5.06. The summed E-state index contributed by atoms with van der Waals surface area (Å²) in [5, 5.41) is 9.41. The minimum absolute atomic E-state index is 0.158. The van der Waals surface area contributed by atoms with Crippen molar-refractivity contribution in [3.8, 4) is 0 Å². The van der Waals surface area contributed by atoms with E-state index in [1.54, 1.807) is 20.8 Å². The van der Waals surface area contributed by atoms with Gasteiger partial charge in [0.15, 0.2) is 6.10 Å². The molecule has 2 atom stereocenters. The SMILES string of the molecule is CCCCOC(C(=O)OC(C)(C)C)[C@@H](CC(C)C)C(=O)O. The van der Waals surface area contributed by atoms with Gasteiger partial charge in [-0.15, -0.1) is 0 Å². The topological polar surface area (TPSA) is 72.8 Å². The van der Waals surface area contributed by atoms with Crippen LogP contribution in [0.5, 0.6) is 0 Å². The van der Waals surface area contributed by atoms with E-state index in [9.17, 15) is 14.7 Å². The van der Waals surface area contributed by atoms with E-state index in [1.807, 2.05) is 20.8 Å². The summed E-state index contributed by atoms with van der Waals surface area (Å²) in [6.07, 6.45) is 1.04. The van der Waals surface area contributed by atoms with Gasteiger partial charge < -0.3 is 14.6 Å². The van der Waals surface area contributed by atoms with E-state index < -0.39 is 29.6 Å².